The number of hydrogen-bond donors (Lipinski definition) is 0. The fraction of sp³-hybridized carbons (Fsp3) is 0.357. The summed E-state index contributed by atoms with van der Waals surface area (Å²) in [6, 6.07) is 7.45. The second-order valence-corrected chi connectivity index (χ2v) is 3.24. The van der Waals surface area contributed by atoms with E-state index in [0.29, 0.717) is 13.2 Å². The average molecular weight is 232 g/mol. The van der Waals surface area contributed by atoms with Crippen molar-refractivity contribution in [1.29, 1.82) is 0 Å². The van der Waals surface area contributed by atoms with Gasteiger partial charge in [-0.3, -0.25) is 4.79 Å². The van der Waals surface area contributed by atoms with Gasteiger partial charge in [0.05, 0.1) is 13.2 Å². The van der Waals surface area contributed by atoms with Crippen LogP contribution in [0.15, 0.2) is 24.3 Å². The lowest BCUT2D eigenvalue weighted by Crippen LogP contribution is -2.01. The number of esters is 1. The molecule has 0 radical (unpaired) electrons. The molecule has 0 aliphatic heterocycles. The summed E-state index contributed by atoms with van der Waals surface area (Å²) in [6.45, 7) is 4.75. The van der Waals surface area contributed by atoms with Gasteiger partial charge >= 0.3 is 5.97 Å². The molecule has 90 valence electrons. The molecule has 0 saturated heterocycles. The quantitative estimate of drug-likeness (QED) is 0.590. The van der Waals surface area contributed by atoms with Gasteiger partial charge in [-0.05, 0) is 38.1 Å². The molecule has 3 heteroatoms. The molecule has 1 rings (SSSR count). The van der Waals surface area contributed by atoms with Crippen LogP contribution in [0.4, 0.5) is 0 Å². The zero-order chi connectivity index (χ0) is 12.5. The van der Waals surface area contributed by atoms with Crippen LogP contribution in [-0.2, 0) is 9.53 Å². The summed E-state index contributed by atoms with van der Waals surface area (Å²) in [5.74, 6) is 6.21. The molecule has 0 amide bonds. The van der Waals surface area contributed by atoms with Crippen molar-refractivity contribution in [3.05, 3.63) is 29.8 Å². The van der Waals surface area contributed by atoms with Crippen LogP contribution < -0.4 is 4.74 Å². The Balaban J connectivity index is 2.51. The maximum Gasteiger partial charge on any atom is 0.317 e. The Hall–Kier alpha value is -1.95. The van der Waals surface area contributed by atoms with Crippen LogP contribution in [-0.4, -0.2) is 19.2 Å². The van der Waals surface area contributed by atoms with E-state index < -0.39 is 0 Å². The molecule has 1 aromatic rings. The van der Waals surface area contributed by atoms with Gasteiger partial charge < -0.3 is 9.47 Å². The van der Waals surface area contributed by atoms with Crippen molar-refractivity contribution in [2.75, 3.05) is 13.2 Å². The van der Waals surface area contributed by atoms with E-state index in [-0.39, 0.29) is 12.4 Å². The summed E-state index contributed by atoms with van der Waals surface area (Å²) < 4.78 is 10.1. The molecule has 3 nitrogen and oxygen atoms in total. The molecule has 0 fully saturated rings. The van der Waals surface area contributed by atoms with Crippen molar-refractivity contribution in [3.8, 4) is 17.6 Å². The average Bonchev–Trinajstić information content (AvgIpc) is 2.32. The number of hydrogen-bond acceptors (Lipinski definition) is 3. The van der Waals surface area contributed by atoms with E-state index in [0.717, 1.165) is 11.3 Å². The van der Waals surface area contributed by atoms with Gasteiger partial charge in [-0.15, -0.1) is 0 Å². The largest absolute Gasteiger partial charge is 0.494 e. The van der Waals surface area contributed by atoms with Crippen molar-refractivity contribution in [1.82, 2.24) is 0 Å². The molecule has 0 heterocycles. The van der Waals surface area contributed by atoms with E-state index in [1.807, 2.05) is 31.2 Å². The second kappa shape index (κ2) is 7.34. The maximum absolute atomic E-state index is 11.0. The van der Waals surface area contributed by atoms with Gasteiger partial charge in [-0.2, -0.15) is 0 Å². The van der Waals surface area contributed by atoms with Crippen LogP contribution in [0, 0.1) is 11.8 Å². The summed E-state index contributed by atoms with van der Waals surface area (Å²) in [7, 11) is 0. The summed E-state index contributed by atoms with van der Waals surface area (Å²) in [4.78, 5) is 11.0. The Morgan fingerprint density at radius 1 is 1.18 bits per heavy atom. The molecule has 0 aliphatic carbocycles. The van der Waals surface area contributed by atoms with Gasteiger partial charge in [-0.25, -0.2) is 0 Å². The predicted molar refractivity (Wildman–Crippen MR) is 65.7 cm³/mol. The molecule has 17 heavy (non-hydrogen) atoms. The van der Waals surface area contributed by atoms with Crippen molar-refractivity contribution >= 4 is 5.97 Å². The number of ether oxygens (including phenoxy) is 2. The summed E-state index contributed by atoms with van der Waals surface area (Å²) in [6.07, 6.45) is 0.126. The fourth-order valence-electron chi connectivity index (χ4n) is 1.23. The Morgan fingerprint density at radius 2 is 1.88 bits per heavy atom. The Morgan fingerprint density at radius 3 is 2.47 bits per heavy atom. The molecule has 0 N–H and O–H groups in total. The first-order valence-corrected chi connectivity index (χ1v) is 5.63. The van der Waals surface area contributed by atoms with Crippen molar-refractivity contribution in [3.63, 3.8) is 0 Å². The summed E-state index contributed by atoms with van der Waals surface area (Å²) in [5, 5.41) is 0. The van der Waals surface area contributed by atoms with Crippen LogP contribution in [0.1, 0.15) is 25.8 Å². The first-order chi connectivity index (χ1) is 8.26. The van der Waals surface area contributed by atoms with E-state index in [1.54, 1.807) is 6.92 Å². The normalized spacial score (nSPS) is 9.06. The van der Waals surface area contributed by atoms with Crippen molar-refractivity contribution in [2.24, 2.45) is 0 Å². The highest BCUT2D eigenvalue weighted by molar-refractivity contribution is 5.72. The first kappa shape index (κ1) is 13.1. The molecule has 0 unspecified atom stereocenters. The van der Waals surface area contributed by atoms with Crippen LogP contribution in [0.5, 0.6) is 5.75 Å². The topological polar surface area (TPSA) is 35.5 Å². The third-order valence-corrected chi connectivity index (χ3v) is 1.94. The third kappa shape index (κ3) is 5.07. The fourth-order valence-corrected chi connectivity index (χ4v) is 1.23. The second-order valence-electron chi connectivity index (χ2n) is 3.24. The smallest absolute Gasteiger partial charge is 0.317 e. The van der Waals surface area contributed by atoms with Gasteiger partial charge in [0.1, 0.15) is 12.2 Å². The number of rotatable bonds is 4. The Kier molecular flexibility index (Phi) is 5.67. The molecular weight excluding hydrogens is 216 g/mol. The van der Waals surface area contributed by atoms with Gasteiger partial charge in [0.2, 0.25) is 0 Å². The maximum atomic E-state index is 11.0. The molecule has 0 aliphatic rings. The highest BCUT2D eigenvalue weighted by Gasteiger charge is 1.96. The number of carbonyl (C=O) groups is 1. The Labute approximate surface area is 102 Å². The van der Waals surface area contributed by atoms with Gasteiger partial charge in [0, 0.05) is 5.56 Å². The van der Waals surface area contributed by atoms with Crippen molar-refractivity contribution in [2.45, 2.75) is 20.3 Å². The van der Waals surface area contributed by atoms with E-state index in [9.17, 15) is 4.79 Å². The van der Waals surface area contributed by atoms with E-state index in [4.69, 9.17) is 9.47 Å². The zero-order valence-corrected chi connectivity index (χ0v) is 10.2. The molecule has 0 aromatic heterocycles. The SMILES string of the molecule is CCOC(=O)CC#Cc1ccc(OCC)cc1. The molecule has 0 saturated carbocycles. The minimum atomic E-state index is -0.286. The van der Waals surface area contributed by atoms with Gasteiger partial charge in [0.15, 0.2) is 0 Å². The standard InChI is InChI=1S/C14H16O3/c1-3-16-13-10-8-12(9-11-13)6-5-7-14(15)17-4-2/h8-11H,3-4,7H2,1-2H3. The Bertz CT molecular complexity index is 409. The molecular formula is C14H16O3. The van der Waals surface area contributed by atoms with Crippen molar-refractivity contribution < 1.29 is 14.3 Å². The molecule has 1 aromatic carbocycles. The van der Waals surface area contributed by atoms with Crippen LogP contribution >= 0.6 is 0 Å². The highest BCUT2D eigenvalue weighted by Crippen LogP contribution is 2.11. The highest BCUT2D eigenvalue weighted by atomic mass is 16.5. The number of carbonyl (C=O) groups excluding carboxylic acids is 1. The minimum Gasteiger partial charge on any atom is -0.494 e. The molecule has 0 bridgehead atoms. The van der Waals surface area contributed by atoms with Gasteiger partial charge in [0.25, 0.3) is 0 Å². The van der Waals surface area contributed by atoms with Gasteiger partial charge in [-0.1, -0.05) is 11.8 Å². The van der Waals surface area contributed by atoms with E-state index in [1.165, 1.54) is 0 Å². The lowest BCUT2D eigenvalue weighted by molar-refractivity contribution is -0.141. The molecule has 0 spiro atoms. The lowest BCUT2D eigenvalue weighted by atomic mass is 10.2. The van der Waals surface area contributed by atoms with E-state index >= 15 is 0 Å². The van der Waals surface area contributed by atoms with Crippen LogP contribution in [0.25, 0.3) is 0 Å². The monoisotopic (exact) mass is 232 g/mol. The summed E-state index contributed by atoms with van der Waals surface area (Å²) >= 11 is 0. The predicted octanol–water partition coefficient (Wildman–Crippen LogP) is 2.39. The minimum absolute atomic E-state index is 0.126. The third-order valence-electron chi connectivity index (χ3n) is 1.94. The summed E-state index contributed by atoms with van der Waals surface area (Å²) in [5.41, 5.74) is 0.859. The zero-order valence-electron chi connectivity index (χ0n) is 10.2. The van der Waals surface area contributed by atoms with E-state index in [2.05, 4.69) is 11.8 Å². The lowest BCUT2D eigenvalue weighted by Gasteiger charge is -2.01. The first-order valence-electron chi connectivity index (χ1n) is 5.63. The molecule has 0 atom stereocenters. The number of benzene rings is 1. The van der Waals surface area contributed by atoms with Crippen LogP contribution in [0.2, 0.25) is 0 Å². The van der Waals surface area contributed by atoms with Crippen LogP contribution in [0.3, 0.4) is 0 Å².